The fourth-order valence-corrected chi connectivity index (χ4v) is 3.29. The third-order valence-corrected chi connectivity index (χ3v) is 4.89. The van der Waals surface area contributed by atoms with Crippen LogP contribution in [0.15, 0.2) is 18.2 Å². The Balaban J connectivity index is 1.66. The number of nitrogens with one attached hydrogen (secondary N) is 1. The zero-order chi connectivity index (χ0) is 14.9. The van der Waals surface area contributed by atoms with Gasteiger partial charge >= 0.3 is 0 Å². The first-order valence-corrected chi connectivity index (χ1v) is 8.40. The first-order valence-electron chi connectivity index (χ1n) is 8.03. The summed E-state index contributed by atoms with van der Waals surface area (Å²) >= 11 is 6.49. The van der Waals surface area contributed by atoms with Gasteiger partial charge in [0.2, 0.25) is 0 Å². The molecule has 2 fully saturated rings. The van der Waals surface area contributed by atoms with Gasteiger partial charge in [-0.2, -0.15) is 0 Å². The number of rotatable bonds is 4. The SMILES string of the molecule is CC1(O)CCCN(c2ccc(CNC3CC3)cc2Cl)CC1. The van der Waals surface area contributed by atoms with E-state index in [9.17, 15) is 5.11 Å². The maximum atomic E-state index is 10.2. The van der Waals surface area contributed by atoms with Gasteiger partial charge in [-0.1, -0.05) is 17.7 Å². The molecule has 4 heteroatoms. The fourth-order valence-electron chi connectivity index (χ4n) is 2.97. The highest BCUT2D eigenvalue weighted by molar-refractivity contribution is 6.33. The highest BCUT2D eigenvalue weighted by atomic mass is 35.5. The summed E-state index contributed by atoms with van der Waals surface area (Å²) in [6.07, 6.45) is 5.28. The normalized spacial score (nSPS) is 26.7. The molecule has 1 unspecified atom stereocenters. The molecule has 3 nitrogen and oxygen atoms in total. The topological polar surface area (TPSA) is 35.5 Å². The van der Waals surface area contributed by atoms with Crippen LogP contribution < -0.4 is 10.2 Å². The molecule has 1 aromatic rings. The Kier molecular flexibility index (Phi) is 4.43. The van der Waals surface area contributed by atoms with Gasteiger partial charge in [0.15, 0.2) is 0 Å². The smallest absolute Gasteiger partial charge is 0.0642 e. The molecule has 0 bridgehead atoms. The maximum absolute atomic E-state index is 10.2. The zero-order valence-corrected chi connectivity index (χ0v) is 13.5. The molecule has 0 radical (unpaired) electrons. The summed E-state index contributed by atoms with van der Waals surface area (Å²) in [6.45, 7) is 4.67. The highest BCUT2D eigenvalue weighted by Gasteiger charge is 2.26. The van der Waals surface area contributed by atoms with Gasteiger partial charge < -0.3 is 15.3 Å². The Bertz CT molecular complexity index is 500. The zero-order valence-electron chi connectivity index (χ0n) is 12.7. The van der Waals surface area contributed by atoms with Crippen LogP contribution in [0.3, 0.4) is 0 Å². The van der Waals surface area contributed by atoms with Crippen LogP contribution in [0.4, 0.5) is 5.69 Å². The maximum Gasteiger partial charge on any atom is 0.0642 e. The van der Waals surface area contributed by atoms with Crippen LogP contribution in [-0.4, -0.2) is 29.8 Å². The Morgan fingerprint density at radius 1 is 1.33 bits per heavy atom. The Labute approximate surface area is 132 Å². The van der Waals surface area contributed by atoms with E-state index >= 15 is 0 Å². The van der Waals surface area contributed by atoms with E-state index in [0.717, 1.165) is 55.6 Å². The molecule has 2 N–H and O–H groups in total. The van der Waals surface area contributed by atoms with Crippen LogP contribution in [0.2, 0.25) is 5.02 Å². The fraction of sp³-hybridized carbons (Fsp3) is 0.647. The molecular formula is C17H25ClN2O. The van der Waals surface area contributed by atoms with E-state index in [2.05, 4.69) is 28.4 Å². The van der Waals surface area contributed by atoms with E-state index in [0.29, 0.717) is 0 Å². The molecule has 3 rings (SSSR count). The molecule has 0 aromatic heterocycles. The van der Waals surface area contributed by atoms with Gasteiger partial charge in [-0.15, -0.1) is 0 Å². The molecular weight excluding hydrogens is 284 g/mol. The van der Waals surface area contributed by atoms with Crippen LogP contribution in [0.1, 0.15) is 44.6 Å². The summed E-state index contributed by atoms with van der Waals surface area (Å²) in [4.78, 5) is 2.31. The Morgan fingerprint density at radius 3 is 2.86 bits per heavy atom. The first-order chi connectivity index (χ1) is 10.0. The average Bonchev–Trinajstić information content (AvgIpc) is 3.25. The van der Waals surface area contributed by atoms with Crippen molar-refractivity contribution in [1.82, 2.24) is 5.32 Å². The standard InChI is InChI=1S/C17H25ClN2O/c1-17(21)7-2-9-20(10-8-17)16-6-3-13(11-15(16)18)12-19-14-4-5-14/h3,6,11,14,19,21H,2,4-5,7-10,12H2,1H3. The van der Waals surface area contributed by atoms with E-state index < -0.39 is 5.60 Å². The van der Waals surface area contributed by atoms with Gasteiger partial charge in [0, 0.05) is 25.7 Å². The average molecular weight is 309 g/mol. The summed E-state index contributed by atoms with van der Waals surface area (Å²) in [5.74, 6) is 0. The number of aliphatic hydroxyl groups is 1. The van der Waals surface area contributed by atoms with Gasteiger partial charge in [0.25, 0.3) is 0 Å². The van der Waals surface area contributed by atoms with Gasteiger partial charge in [0.1, 0.15) is 0 Å². The van der Waals surface area contributed by atoms with E-state index in [-0.39, 0.29) is 0 Å². The van der Waals surface area contributed by atoms with Crippen molar-refractivity contribution in [2.75, 3.05) is 18.0 Å². The van der Waals surface area contributed by atoms with E-state index in [1.807, 2.05) is 6.92 Å². The minimum absolute atomic E-state index is 0.532. The van der Waals surface area contributed by atoms with Crippen LogP contribution in [-0.2, 0) is 6.54 Å². The van der Waals surface area contributed by atoms with E-state index in [1.165, 1.54) is 18.4 Å². The molecule has 1 aliphatic heterocycles. The van der Waals surface area contributed by atoms with Crippen molar-refractivity contribution in [2.24, 2.45) is 0 Å². The second-order valence-corrected chi connectivity index (χ2v) is 7.19. The first kappa shape index (κ1) is 15.1. The van der Waals surface area contributed by atoms with Crippen molar-refractivity contribution in [1.29, 1.82) is 0 Å². The van der Waals surface area contributed by atoms with Crippen LogP contribution >= 0.6 is 11.6 Å². The summed E-state index contributed by atoms with van der Waals surface area (Å²) in [5.41, 5.74) is 1.82. The van der Waals surface area contributed by atoms with Gasteiger partial charge in [-0.05, 0) is 56.7 Å². The summed E-state index contributed by atoms with van der Waals surface area (Å²) in [6, 6.07) is 7.09. The van der Waals surface area contributed by atoms with Crippen molar-refractivity contribution < 1.29 is 5.11 Å². The number of benzene rings is 1. The number of halogens is 1. The number of anilines is 1. The lowest BCUT2D eigenvalue weighted by atomic mass is 9.98. The van der Waals surface area contributed by atoms with E-state index in [1.54, 1.807) is 0 Å². The lowest BCUT2D eigenvalue weighted by Crippen LogP contribution is -2.28. The summed E-state index contributed by atoms with van der Waals surface area (Å²) in [5, 5.41) is 14.5. The molecule has 1 aliphatic carbocycles. The highest BCUT2D eigenvalue weighted by Crippen LogP contribution is 2.31. The molecule has 1 aromatic carbocycles. The largest absolute Gasteiger partial charge is 0.390 e. The molecule has 1 saturated carbocycles. The molecule has 1 saturated heterocycles. The van der Waals surface area contributed by atoms with Crippen molar-refractivity contribution >= 4 is 17.3 Å². The van der Waals surface area contributed by atoms with Crippen LogP contribution in [0, 0.1) is 0 Å². The Hall–Kier alpha value is -0.770. The van der Waals surface area contributed by atoms with Crippen molar-refractivity contribution in [3.63, 3.8) is 0 Å². The van der Waals surface area contributed by atoms with Crippen molar-refractivity contribution in [3.05, 3.63) is 28.8 Å². The molecule has 1 atom stereocenters. The molecule has 21 heavy (non-hydrogen) atoms. The van der Waals surface area contributed by atoms with E-state index in [4.69, 9.17) is 11.6 Å². The third-order valence-electron chi connectivity index (χ3n) is 4.59. The monoisotopic (exact) mass is 308 g/mol. The predicted molar refractivity (Wildman–Crippen MR) is 88.0 cm³/mol. The summed E-state index contributed by atoms with van der Waals surface area (Å²) in [7, 11) is 0. The quantitative estimate of drug-likeness (QED) is 0.895. The van der Waals surface area contributed by atoms with Gasteiger partial charge in [-0.25, -0.2) is 0 Å². The number of hydrogen-bond donors (Lipinski definition) is 2. The lowest BCUT2D eigenvalue weighted by Gasteiger charge is -2.25. The third kappa shape index (κ3) is 4.12. The summed E-state index contributed by atoms with van der Waals surface area (Å²) < 4.78 is 0. The molecule has 0 spiro atoms. The van der Waals surface area contributed by atoms with Gasteiger partial charge in [0.05, 0.1) is 16.3 Å². The predicted octanol–water partition coefficient (Wildman–Crippen LogP) is 3.33. The minimum Gasteiger partial charge on any atom is -0.390 e. The molecule has 0 amide bonds. The molecule has 1 heterocycles. The van der Waals surface area contributed by atoms with Gasteiger partial charge in [-0.3, -0.25) is 0 Å². The Morgan fingerprint density at radius 2 is 2.14 bits per heavy atom. The second kappa shape index (κ2) is 6.15. The lowest BCUT2D eigenvalue weighted by molar-refractivity contribution is 0.0481. The molecule has 116 valence electrons. The van der Waals surface area contributed by atoms with Crippen molar-refractivity contribution in [3.8, 4) is 0 Å². The van der Waals surface area contributed by atoms with Crippen LogP contribution in [0.25, 0.3) is 0 Å². The van der Waals surface area contributed by atoms with Crippen molar-refractivity contribution in [2.45, 2.75) is 57.2 Å². The van der Waals surface area contributed by atoms with Crippen LogP contribution in [0.5, 0.6) is 0 Å². The number of hydrogen-bond acceptors (Lipinski definition) is 3. The number of nitrogens with zero attached hydrogens (tertiary/aromatic N) is 1. The molecule has 2 aliphatic rings. The minimum atomic E-state index is -0.532. The second-order valence-electron chi connectivity index (χ2n) is 6.78.